The molecule has 3 aromatic rings. The monoisotopic (exact) mass is 449 g/mol. The topological polar surface area (TPSA) is 92.4 Å². The molecule has 2 amide bonds. The summed E-state index contributed by atoms with van der Waals surface area (Å²) in [6.07, 6.45) is 1.46. The van der Waals surface area contributed by atoms with Crippen LogP contribution in [0.25, 0.3) is 11.1 Å². The first kappa shape index (κ1) is 22.0. The van der Waals surface area contributed by atoms with Gasteiger partial charge in [0, 0.05) is 26.1 Å². The number of nitrogens with two attached hydrogens (primary N) is 1. The lowest BCUT2D eigenvalue weighted by atomic mass is 9.93. The van der Waals surface area contributed by atoms with Crippen LogP contribution in [0.4, 0.5) is 5.13 Å². The summed E-state index contributed by atoms with van der Waals surface area (Å²) < 4.78 is 0. The number of hydrogen-bond donors (Lipinski definition) is 1. The molecular weight excluding hydrogens is 422 g/mol. The number of aromatic nitrogens is 2. The summed E-state index contributed by atoms with van der Waals surface area (Å²) in [4.78, 5) is 30.2. The number of carbonyl (C=O) groups is 2. The Kier molecular flexibility index (Phi) is 6.80. The van der Waals surface area contributed by atoms with Crippen molar-refractivity contribution in [3.8, 4) is 11.1 Å². The fourth-order valence-electron chi connectivity index (χ4n) is 4.20. The fourth-order valence-corrected chi connectivity index (χ4v) is 4.80. The summed E-state index contributed by atoms with van der Waals surface area (Å²) in [6.45, 7) is 3.82. The van der Waals surface area contributed by atoms with E-state index in [-0.39, 0.29) is 18.2 Å². The van der Waals surface area contributed by atoms with Crippen molar-refractivity contribution in [2.45, 2.75) is 32.2 Å². The van der Waals surface area contributed by atoms with E-state index in [1.807, 2.05) is 41.3 Å². The first-order chi connectivity index (χ1) is 15.6. The number of anilines is 1. The van der Waals surface area contributed by atoms with Gasteiger partial charge in [-0.3, -0.25) is 9.59 Å². The number of rotatable bonds is 7. The predicted octanol–water partition coefficient (Wildman–Crippen LogP) is 3.02. The van der Waals surface area contributed by atoms with E-state index in [1.165, 1.54) is 11.3 Å². The summed E-state index contributed by atoms with van der Waals surface area (Å²) in [5.74, 6) is -0.112. The summed E-state index contributed by atoms with van der Waals surface area (Å²) in [7, 11) is 0. The van der Waals surface area contributed by atoms with Gasteiger partial charge in [0.15, 0.2) is 0 Å². The lowest BCUT2D eigenvalue weighted by Crippen LogP contribution is -2.59. The van der Waals surface area contributed by atoms with E-state index in [1.54, 1.807) is 4.90 Å². The van der Waals surface area contributed by atoms with Gasteiger partial charge in [0.2, 0.25) is 16.9 Å². The van der Waals surface area contributed by atoms with Gasteiger partial charge in [0.05, 0.1) is 6.42 Å². The molecule has 8 heteroatoms. The molecule has 1 aliphatic rings. The van der Waals surface area contributed by atoms with Gasteiger partial charge in [0.1, 0.15) is 11.0 Å². The lowest BCUT2D eigenvalue weighted by Gasteiger charge is -2.41. The third-order valence-electron chi connectivity index (χ3n) is 5.70. The Morgan fingerprint density at radius 2 is 1.84 bits per heavy atom. The quantitative estimate of drug-likeness (QED) is 0.599. The van der Waals surface area contributed by atoms with E-state index in [0.717, 1.165) is 23.1 Å². The number of carbonyl (C=O) groups excluding carboxylic acids is 2. The second-order valence-electron chi connectivity index (χ2n) is 7.87. The molecule has 2 heterocycles. The van der Waals surface area contributed by atoms with Crippen molar-refractivity contribution in [3.05, 3.63) is 65.2 Å². The standard InChI is InChI=1S/C24H27N5O2S/c1-2-12-28-13-14-29(22(30)16-21-26-27-24(25)32-21)20(23(28)31)15-18-10-6-7-11-19(18)17-8-4-3-5-9-17/h3-11,20H,2,12-16H2,1H3,(H2,25,27)/t20-/m1/s1. The Labute approximate surface area is 191 Å². The Morgan fingerprint density at radius 3 is 2.56 bits per heavy atom. The molecule has 7 nitrogen and oxygen atoms in total. The van der Waals surface area contributed by atoms with Crippen LogP contribution in [0.2, 0.25) is 0 Å². The molecule has 1 atom stereocenters. The molecular formula is C24H27N5O2S. The molecule has 0 radical (unpaired) electrons. The van der Waals surface area contributed by atoms with Crippen molar-refractivity contribution in [3.63, 3.8) is 0 Å². The largest absolute Gasteiger partial charge is 0.374 e. The predicted molar refractivity (Wildman–Crippen MR) is 126 cm³/mol. The van der Waals surface area contributed by atoms with Crippen molar-refractivity contribution in [1.29, 1.82) is 0 Å². The maximum absolute atomic E-state index is 13.4. The number of benzene rings is 2. The molecule has 1 fully saturated rings. The fraction of sp³-hybridized carbons (Fsp3) is 0.333. The second-order valence-corrected chi connectivity index (χ2v) is 8.96. The number of piperazine rings is 1. The van der Waals surface area contributed by atoms with E-state index in [2.05, 4.69) is 35.3 Å². The summed E-state index contributed by atoms with van der Waals surface area (Å²) in [6, 6.07) is 17.7. The number of nitrogen functional groups attached to an aromatic ring is 1. The van der Waals surface area contributed by atoms with Crippen molar-refractivity contribution >= 4 is 28.3 Å². The average molecular weight is 450 g/mol. The molecule has 2 N–H and O–H groups in total. The molecule has 0 bridgehead atoms. The smallest absolute Gasteiger partial charge is 0.245 e. The number of nitrogens with zero attached hydrogens (tertiary/aromatic N) is 4. The highest BCUT2D eigenvalue weighted by molar-refractivity contribution is 7.15. The van der Waals surface area contributed by atoms with Gasteiger partial charge in [-0.1, -0.05) is 72.9 Å². The van der Waals surface area contributed by atoms with Gasteiger partial charge in [-0.2, -0.15) is 0 Å². The minimum Gasteiger partial charge on any atom is -0.374 e. The van der Waals surface area contributed by atoms with Crippen LogP contribution in [0.1, 0.15) is 23.9 Å². The Morgan fingerprint density at radius 1 is 1.09 bits per heavy atom. The Bertz CT molecular complexity index is 1080. The third-order valence-corrected chi connectivity index (χ3v) is 6.45. The van der Waals surface area contributed by atoms with Crippen LogP contribution >= 0.6 is 11.3 Å². The maximum atomic E-state index is 13.4. The molecule has 1 saturated heterocycles. The van der Waals surface area contributed by atoms with E-state index in [0.29, 0.717) is 36.2 Å². The average Bonchev–Trinajstić information content (AvgIpc) is 3.22. The number of hydrogen-bond acceptors (Lipinski definition) is 6. The van der Waals surface area contributed by atoms with Crippen LogP contribution < -0.4 is 5.73 Å². The Balaban J connectivity index is 1.63. The highest BCUT2D eigenvalue weighted by Gasteiger charge is 2.37. The van der Waals surface area contributed by atoms with Crippen LogP contribution in [-0.4, -0.2) is 57.5 Å². The van der Waals surface area contributed by atoms with Gasteiger partial charge in [-0.05, 0) is 23.1 Å². The molecule has 0 saturated carbocycles. The van der Waals surface area contributed by atoms with Crippen LogP contribution in [0.5, 0.6) is 0 Å². The highest BCUT2D eigenvalue weighted by atomic mass is 32.1. The summed E-state index contributed by atoms with van der Waals surface area (Å²) in [5.41, 5.74) is 8.89. The summed E-state index contributed by atoms with van der Waals surface area (Å²) in [5, 5.41) is 8.68. The molecule has 0 spiro atoms. The van der Waals surface area contributed by atoms with E-state index in [9.17, 15) is 9.59 Å². The lowest BCUT2D eigenvalue weighted by molar-refractivity contribution is -0.151. The highest BCUT2D eigenvalue weighted by Crippen LogP contribution is 2.27. The first-order valence-electron chi connectivity index (χ1n) is 10.9. The van der Waals surface area contributed by atoms with Crippen LogP contribution in [-0.2, 0) is 22.4 Å². The molecule has 0 unspecified atom stereocenters. The molecule has 1 aromatic heterocycles. The van der Waals surface area contributed by atoms with E-state index >= 15 is 0 Å². The second kappa shape index (κ2) is 9.91. The van der Waals surface area contributed by atoms with E-state index in [4.69, 9.17) is 5.73 Å². The molecule has 4 rings (SSSR count). The zero-order chi connectivity index (χ0) is 22.5. The van der Waals surface area contributed by atoms with Crippen molar-refractivity contribution < 1.29 is 9.59 Å². The zero-order valence-corrected chi connectivity index (χ0v) is 18.9. The molecule has 0 aliphatic carbocycles. The van der Waals surface area contributed by atoms with Crippen molar-refractivity contribution in [2.75, 3.05) is 25.4 Å². The van der Waals surface area contributed by atoms with Gasteiger partial charge < -0.3 is 15.5 Å². The third kappa shape index (κ3) is 4.80. The van der Waals surface area contributed by atoms with Gasteiger partial charge in [-0.25, -0.2) is 0 Å². The molecule has 166 valence electrons. The molecule has 2 aromatic carbocycles. The maximum Gasteiger partial charge on any atom is 0.245 e. The van der Waals surface area contributed by atoms with Gasteiger partial charge >= 0.3 is 0 Å². The van der Waals surface area contributed by atoms with Gasteiger partial charge in [-0.15, -0.1) is 10.2 Å². The van der Waals surface area contributed by atoms with Gasteiger partial charge in [0.25, 0.3) is 0 Å². The SMILES string of the molecule is CCCN1CCN(C(=O)Cc2nnc(N)s2)[C@H](Cc2ccccc2-c2ccccc2)C1=O. The minimum atomic E-state index is -0.544. The number of amides is 2. The van der Waals surface area contributed by atoms with Crippen LogP contribution in [0.15, 0.2) is 54.6 Å². The molecule has 32 heavy (non-hydrogen) atoms. The molecule has 1 aliphatic heterocycles. The minimum absolute atomic E-state index is 0.00564. The zero-order valence-electron chi connectivity index (χ0n) is 18.1. The van der Waals surface area contributed by atoms with Crippen LogP contribution in [0, 0.1) is 0 Å². The van der Waals surface area contributed by atoms with Crippen LogP contribution in [0.3, 0.4) is 0 Å². The first-order valence-corrected chi connectivity index (χ1v) is 11.7. The normalized spacial score (nSPS) is 16.4. The van der Waals surface area contributed by atoms with E-state index < -0.39 is 6.04 Å². The Hall–Kier alpha value is -3.26. The van der Waals surface area contributed by atoms with Crippen molar-refractivity contribution in [1.82, 2.24) is 20.0 Å². The summed E-state index contributed by atoms with van der Waals surface area (Å²) >= 11 is 1.21. The van der Waals surface area contributed by atoms with Crippen molar-refractivity contribution in [2.24, 2.45) is 0 Å².